The average Bonchev–Trinajstić information content (AvgIpc) is 3.09. The SMILES string of the molecule is Cc1onc(-c2ccc(Cl)nc2)c1Cn1ncc(N2CC3(CCC(F)CO3)C2)cc1=O. The maximum absolute atomic E-state index is 13.3. The van der Waals surface area contributed by atoms with Gasteiger partial charge >= 0.3 is 0 Å². The highest BCUT2D eigenvalue weighted by molar-refractivity contribution is 6.29. The third-order valence-electron chi connectivity index (χ3n) is 5.96. The predicted octanol–water partition coefficient (Wildman–Crippen LogP) is 3.01. The standard InChI is InChI=1S/C21H21ClFN5O3/c1-13-17(20(26-31-13)14-2-3-18(22)24-7-14)9-28-19(29)6-16(8-25-28)27-11-21(12-27)5-4-15(23)10-30-21/h2-3,6-8,15H,4-5,9-12H2,1H3. The van der Waals surface area contributed by atoms with E-state index < -0.39 is 6.17 Å². The quantitative estimate of drug-likeness (QED) is 0.570. The molecule has 0 aromatic carbocycles. The number of hydrogen-bond acceptors (Lipinski definition) is 7. The third kappa shape index (κ3) is 3.83. The van der Waals surface area contributed by atoms with Crippen molar-refractivity contribution >= 4 is 17.3 Å². The number of nitrogens with zero attached hydrogens (tertiary/aromatic N) is 5. The molecule has 0 amide bonds. The van der Waals surface area contributed by atoms with E-state index in [1.165, 1.54) is 4.68 Å². The highest BCUT2D eigenvalue weighted by Gasteiger charge is 2.47. The monoisotopic (exact) mass is 445 g/mol. The van der Waals surface area contributed by atoms with Crippen molar-refractivity contribution in [2.45, 2.75) is 38.1 Å². The Hall–Kier alpha value is -2.78. The van der Waals surface area contributed by atoms with Gasteiger partial charge in [0.2, 0.25) is 0 Å². The van der Waals surface area contributed by atoms with Crippen LogP contribution in [0.3, 0.4) is 0 Å². The fourth-order valence-corrected chi connectivity index (χ4v) is 4.22. The summed E-state index contributed by atoms with van der Waals surface area (Å²) in [5, 5.41) is 8.84. The molecule has 2 aliphatic heterocycles. The molecule has 1 spiro atoms. The number of rotatable bonds is 4. The number of aryl methyl sites for hydroxylation is 1. The van der Waals surface area contributed by atoms with Crippen molar-refractivity contribution < 1.29 is 13.7 Å². The average molecular weight is 446 g/mol. The van der Waals surface area contributed by atoms with E-state index in [-0.39, 0.29) is 24.3 Å². The van der Waals surface area contributed by atoms with Gasteiger partial charge in [-0.2, -0.15) is 5.10 Å². The number of hydrogen-bond donors (Lipinski definition) is 0. The lowest BCUT2D eigenvalue weighted by molar-refractivity contribution is -0.120. The van der Waals surface area contributed by atoms with Crippen molar-refractivity contribution in [2.75, 3.05) is 24.6 Å². The minimum atomic E-state index is -0.875. The van der Waals surface area contributed by atoms with E-state index in [9.17, 15) is 9.18 Å². The Labute approximate surface area is 182 Å². The number of pyridine rings is 1. The molecule has 8 nitrogen and oxygen atoms in total. The number of aromatic nitrogens is 4. The van der Waals surface area contributed by atoms with E-state index >= 15 is 0 Å². The smallest absolute Gasteiger partial charge is 0.269 e. The lowest BCUT2D eigenvalue weighted by Gasteiger charge is -2.52. The first-order chi connectivity index (χ1) is 14.9. The summed E-state index contributed by atoms with van der Waals surface area (Å²) in [6, 6.07) is 5.04. The van der Waals surface area contributed by atoms with Gasteiger partial charge in [-0.25, -0.2) is 14.1 Å². The molecule has 0 aliphatic carbocycles. The Morgan fingerprint density at radius 2 is 2.16 bits per heavy atom. The lowest BCUT2D eigenvalue weighted by Crippen LogP contribution is -2.65. The molecule has 5 rings (SSSR count). The summed E-state index contributed by atoms with van der Waals surface area (Å²) >= 11 is 5.87. The van der Waals surface area contributed by atoms with E-state index in [0.717, 1.165) is 16.8 Å². The minimum absolute atomic E-state index is 0.150. The molecule has 1 unspecified atom stereocenters. The fraction of sp³-hybridized carbons (Fsp3) is 0.429. The molecule has 31 heavy (non-hydrogen) atoms. The predicted molar refractivity (Wildman–Crippen MR) is 112 cm³/mol. The van der Waals surface area contributed by atoms with E-state index in [1.54, 1.807) is 37.5 Å². The van der Waals surface area contributed by atoms with Crippen molar-refractivity contribution in [1.82, 2.24) is 19.9 Å². The zero-order valence-electron chi connectivity index (χ0n) is 16.9. The fourth-order valence-electron chi connectivity index (χ4n) is 4.11. The molecule has 0 bridgehead atoms. The summed E-state index contributed by atoms with van der Waals surface area (Å²) in [4.78, 5) is 18.9. The normalized spacial score (nSPS) is 20.1. The van der Waals surface area contributed by atoms with Crippen LogP contribution in [0.1, 0.15) is 24.2 Å². The minimum Gasteiger partial charge on any atom is -0.368 e. The van der Waals surface area contributed by atoms with Crippen LogP contribution in [0.5, 0.6) is 0 Å². The second kappa shape index (κ2) is 7.72. The van der Waals surface area contributed by atoms with Gasteiger partial charge in [0.15, 0.2) is 0 Å². The summed E-state index contributed by atoms with van der Waals surface area (Å²) in [6.45, 7) is 3.45. The molecule has 2 fully saturated rings. The number of anilines is 1. The molecular weight excluding hydrogens is 425 g/mol. The Morgan fingerprint density at radius 3 is 2.84 bits per heavy atom. The van der Waals surface area contributed by atoms with Gasteiger partial charge in [0, 0.05) is 36.5 Å². The van der Waals surface area contributed by atoms with Crippen molar-refractivity contribution in [2.24, 2.45) is 0 Å². The number of alkyl halides is 1. The third-order valence-corrected chi connectivity index (χ3v) is 6.18. The summed E-state index contributed by atoms with van der Waals surface area (Å²) < 4.78 is 25.8. The van der Waals surface area contributed by atoms with Crippen LogP contribution < -0.4 is 10.5 Å². The number of halogens is 2. The molecule has 0 N–H and O–H groups in total. The van der Waals surface area contributed by atoms with Crippen LogP contribution in [-0.4, -0.2) is 51.4 Å². The zero-order chi connectivity index (χ0) is 21.6. The molecule has 1 atom stereocenters. The van der Waals surface area contributed by atoms with E-state index in [2.05, 4.69) is 15.2 Å². The summed E-state index contributed by atoms with van der Waals surface area (Å²) in [6.07, 6.45) is 3.63. The summed E-state index contributed by atoms with van der Waals surface area (Å²) in [7, 11) is 0. The Bertz CT molecular complexity index is 1150. The molecule has 5 heterocycles. The lowest BCUT2D eigenvalue weighted by atomic mass is 9.85. The van der Waals surface area contributed by atoms with Crippen LogP contribution >= 0.6 is 11.6 Å². The first kappa shape index (κ1) is 20.1. The number of ether oxygens (including phenoxy) is 1. The molecule has 3 aromatic rings. The molecule has 2 saturated heterocycles. The first-order valence-electron chi connectivity index (χ1n) is 10.1. The molecule has 0 radical (unpaired) electrons. The topological polar surface area (TPSA) is 86.3 Å². The van der Waals surface area contributed by atoms with Crippen molar-refractivity contribution in [3.05, 3.63) is 57.4 Å². The van der Waals surface area contributed by atoms with Gasteiger partial charge in [-0.15, -0.1) is 0 Å². The van der Waals surface area contributed by atoms with Crippen molar-refractivity contribution in [3.63, 3.8) is 0 Å². The van der Waals surface area contributed by atoms with Gasteiger partial charge < -0.3 is 14.2 Å². The van der Waals surface area contributed by atoms with E-state index in [0.29, 0.717) is 42.5 Å². The van der Waals surface area contributed by atoms with Crippen molar-refractivity contribution in [1.29, 1.82) is 0 Å². The van der Waals surface area contributed by atoms with Gasteiger partial charge in [0.05, 0.1) is 25.0 Å². The van der Waals surface area contributed by atoms with Crippen LogP contribution in [0.15, 0.2) is 39.9 Å². The van der Waals surface area contributed by atoms with Crippen LogP contribution in [0, 0.1) is 6.92 Å². The Balaban J connectivity index is 1.33. The van der Waals surface area contributed by atoms with Crippen LogP contribution in [0.25, 0.3) is 11.3 Å². The van der Waals surface area contributed by atoms with E-state index in [4.69, 9.17) is 20.9 Å². The highest BCUT2D eigenvalue weighted by Crippen LogP contribution is 2.37. The van der Waals surface area contributed by atoms with Gasteiger partial charge in [0.25, 0.3) is 5.56 Å². The summed E-state index contributed by atoms with van der Waals surface area (Å²) in [5.74, 6) is 0.605. The van der Waals surface area contributed by atoms with Crippen LogP contribution in [0.2, 0.25) is 5.15 Å². The van der Waals surface area contributed by atoms with Gasteiger partial charge in [-0.1, -0.05) is 16.8 Å². The largest absolute Gasteiger partial charge is 0.368 e. The molecule has 3 aromatic heterocycles. The molecular formula is C21H21ClFN5O3. The first-order valence-corrected chi connectivity index (χ1v) is 10.5. The van der Waals surface area contributed by atoms with Gasteiger partial charge in [-0.3, -0.25) is 4.79 Å². The van der Waals surface area contributed by atoms with Gasteiger partial charge in [-0.05, 0) is 31.9 Å². The van der Waals surface area contributed by atoms with E-state index in [1.807, 2.05) is 4.90 Å². The second-order valence-corrected chi connectivity index (χ2v) is 8.52. The molecule has 0 saturated carbocycles. The molecule has 162 valence electrons. The van der Waals surface area contributed by atoms with Crippen LogP contribution in [0.4, 0.5) is 10.1 Å². The molecule has 10 heteroatoms. The van der Waals surface area contributed by atoms with Crippen LogP contribution in [-0.2, 0) is 11.3 Å². The highest BCUT2D eigenvalue weighted by atomic mass is 35.5. The molecule has 2 aliphatic rings. The zero-order valence-corrected chi connectivity index (χ0v) is 17.7. The Kier molecular flexibility index (Phi) is 5.02. The van der Waals surface area contributed by atoms with Crippen molar-refractivity contribution in [3.8, 4) is 11.3 Å². The Morgan fingerprint density at radius 1 is 1.32 bits per heavy atom. The maximum Gasteiger partial charge on any atom is 0.269 e. The van der Waals surface area contributed by atoms with Gasteiger partial charge in [0.1, 0.15) is 28.4 Å². The second-order valence-electron chi connectivity index (χ2n) is 8.13. The maximum atomic E-state index is 13.3. The summed E-state index contributed by atoms with van der Waals surface area (Å²) in [5.41, 5.74) is 2.32.